The molecule has 0 saturated carbocycles. The molecule has 1 atom stereocenters. The van der Waals surface area contributed by atoms with E-state index in [1.165, 1.54) is 0 Å². The van der Waals surface area contributed by atoms with Crippen molar-refractivity contribution in [2.75, 3.05) is 6.61 Å². The van der Waals surface area contributed by atoms with Crippen LogP contribution in [0.2, 0.25) is 0 Å². The molecule has 0 bridgehead atoms. The van der Waals surface area contributed by atoms with Crippen molar-refractivity contribution in [1.82, 2.24) is 0 Å². The summed E-state index contributed by atoms with van der Waals surface area (Å²) in [5.41, 5.74) is 8.32. The van der Waals surface area contributed by atoms with Crippen molar-refractivity contribution in [3.05, 3.63) is 65.2 Å². The molecule has 0 aliphatic rings. The molecule has 0 fully saturated rings. The van der Waals surface area contributed by atoms with Crippen molar-refractivity contribution >= 4 is 12.4 Å². The van der Waals surface area contributed by atoms with Gasteiger partial charge in [-0.1, -0.05) is 42.5 Å². The maximum atomic E-state index is 12.3. The number of hydrogen-bond acceptors (Lipinski definition) is 2. The third-order valence-corrected chi connectivity index (χ3v) is 3.05. The first-order chi connectivity index (χ1) is 9.87. The second kappa shape index (κ2) is 7.51. The Balaban J connectivity index is 0.00000242. The molecule has 2 N–H and O–H groups in total. The third kappa shape index (κ3) is 4.93. The molecular formula is C16H17ClF3NO. The largest absolute Gasteiger partial charge is 0.484 e. The van der Waals surface area contributed by atoms with Gasteiger partial charge in [0.2, 0.25) is 0 Å². The van der Waals surface area contributed by atoms with Crippen LogP contribution in [0.5, 0.6) is 5.75 Å². The van der Waals surface area contributed by atoms with E-state index in [4.69, 9.17) is 10.5 Å². The number of ether oxygens (including phenoxy) is 1. The molecule has 0 spiro atoms. The number of alkyl halides is 3. The second-order valence-electron chi connectivity index (χ2n) is 4.83. The summed E-state index contributed by atoms with van der Waals surface area (Å²) in [7, 11) is 0. The summed E-state index contributed by atoms with van der Waals surface area (Å²) in [4.78, 5) is 0. The number of rotatable bonds is 4. The number of hydrogen-bond donors (Lipinski definition) is 1. The molecule has 0 radical (unpaired) electrons. The quantitative estimate of drug-likeness (QED) is 0.901. The van der Waals surface area contributed by atoms with Gasteiger partial charge in [-0.15, -0.1) is 12.4 Å². The highest BCUT2D eigenvalue weighted by Gasteiger charge is 2.29. The topological polar surface area (TPSA) is 35.2 Å². The monoisotopic (exact) mass is 331 g/mol. The van der Waals surface area contributed by atoms with Crippen LogP contribution < -0.4 is 10.5 Å². The predicted molar refractivity (Wildman–Crippen MR) is 82.4 cm³/mol. The van der Waals surface area contributed by atoms with E-state index in [1.54, 1.807) is 25.1 Å². The summed E-state index contributed by atoms with van der Waals surface area (Å²) in [6, 6.07) is 13.7. The van der Waals surface area contributed by atoms with Crippen molar-refractivity contribution in [1.29, 1.82) is 0 Å². The maximum Gasteiger partial charge on any atom is 0.422 e. The molecule has 2 aromatic carbocycles. The summed E-state index contributed by atoms with van der Waals surface area (Å²) < 4.78 is 41.9. The van der Waals surface area contributed by atoms with Crippen molar-refractivity contribution in [3.8, 4) is 5.75 Å². The number of halogens is 4. The van der Waals surface area contributed by atoms with Crippen LogP contribution in [0.1, 0.15) is 22.7 Å². The molecule has 2 rings (SSSR count). The molecular weight excluding hydrogens is 315 g/mol. The molecule has 22 heavy (non-hydrogen) atoms. The van der Waals surface area contributed by atoms with Gasteiger partial charge in [-0.25, -0.2) is 0 Å². The Morgan fingerprint density at radius 2 is 1.73 bits per heavy atom. The van der Waals surface area contributed by atoms with E-state index >= 15 is 0 Å². The Hall–Kier alpha value is -1.72. The van der Waals surface area contributed by atoms with Crippen LogP contribution in [-0.2, 0) is 0 Å². The molecule has 120 valence electrons. The SMILES string of the molecule is Cc1ccc(C(N)c2ccccc2)c(OCC(F)(F)F)c1.Cl. The van der Waals surface area contributed by atoms with Crippen molar-refractivity contribution in [2.24, 2.45) is 5.73 Å². The average molecular weight is 332 g/mol. The Morgan fingerprint density at radius 3 is 2.32 bits per heavy atom. The minimum atomic E-state index is -4.38. The lowest BCUT2D eigenvalue weighted by Gasteiger charge is -2.18. The zero-order valence-corrected chi connectivity index (χ0v) is 12.7. The van der Waals surface area contributed by atoms with Gasteiger partial charge in [0, 0.05) is 5.56 Å². The Labute approximate surface area is 133 Å². The maximum absolute atomic E-state index is 12.3. The molecule has 0 aliphatic heterocycles. The van der Waals surface area contributed by atoms with E-state index in [1.807, 2.05) is 30.3 Å². The third-order valence-electron chi connectivity index (χ3n) is 3.05. The summed E-state index contributed by atoms with van der Waals surface area (Å²) in [6.07, 6.45) is -4.38. The zero-order chi connectivity index (χ0) is 15.5. The Kier molecular flexibility index (Phi) is 6.26. The van der Waals surface area contributed by atoms with Crippen molar-refractivity contribution in [2.45, 2.75) is 19.1 Å². The fourth-order valence-corrected chi connectivity index (χ4v) is 2.02. The van der Waals surface area contributed by atoms with Crippen molar-refractivity contribution in [3.63, 3.8) is 0 Å². The number of benzene rings is 2. The minimum Gasteiger partial charge on any atom is -0.484 e. The first kappa shape index (κ1) is 18.3. The lowest BCUT2D eigenvalue weighted by molar-refractivity contribution is -0.153. The van der Waals surface area contributed by atoms with E-state index in [-0.39, 0.29) is 18.2 Å². The van der Waals surface area contributed by atoms with E-state index in [0.29, 0.717) is 5.56 Å². The van der Waals surface area contributed by atoms with Gasteiger partial charge < -0.3 is 10.5 Å². The first-order valence-corrected chi connectivity index (χ1v) is 6.47. The molecule has 0 amide bonds. The highest BCUT2D eigenvalue weighted by molar-refractivity contribution is 5.85. The smallest absolute Gasteiger partial charge is 0.422 e. The predicted octanol–water partition coefficient (Wildman–Crippen LogP) is 4.41. The molecule has 1 unspecified atom stereocenters. The summed E-state index contributed by atoms with van der Waals surface area (Å²) >= 11 is 0. The highest BCUT2D eigenvalue weighted by atomic mass is 35.5. The normalized spacial score (nSPS) is 12.4. The van der Waals surface area contributed by atoms with Gasteiger partial charge in [0.25, 0.3) is 0 Å². The van der Waals surface area contributed by atoms with Crippen LogP contribution >= 0.6 is 12.4 Å². The molecule has 0 saturated heterocycles. The minimum absolute atomic E-state index is 0. The fraction of sp³-hybridized carbons (Fsp3) is 0.250. The van der Waals surface area contributed by atoms with Crippen LogP contribution in [0.15, 0.2) is 48.5 Å². The Morgan fingerprint density at radius 1 is 1.09 bits per heavy atom. The number of aryl methyl sites for hydroxylation is 1. The second-order valence-corrected chi connectivity index (χ2v) is 4.83. The lowest BCUT2D eigenvalue weighted by Crippen LogP contribution is -2.21. The summed E-state index contributed by atoms with van der Waals surface area (Å²) in [5, 5.41) is 0. The lowest BCUT2D eigenvalue weighted by atomic mass is 9.98. The van der Waals surface area contributed by atoms with E-state index < -0.39 is 18.8 Å². The Bertz CT molecular complexity index is 602. The van der Waals surface area contributed by atoms with E-state index in [2.05, 4.69) is 0 Å². The first-order valence-electron chi connectivity index (χ1n) is 6.47. The molecule has 0 aliphatic carbocycles. The highest BCUT2D eigenvalue weighted by Crippen LogP contribution is 2.30. The van der Waals surface area contributed by atoms with Gasteiger partial charge in [0.15, 0.2) is 6.61 Å². The van der Waals surface area contributed by atoms with Crippen LogP contribution in [0.25, 0.3) is 0 Å². The van der Waals surface area contributed by atoms with E-state index in [9.17, 15) is 13.2 Å². The van der Waals surface area contributed by atoms with Gasteiger partial charge in [0.05, 0.1) is 6.04 Å². The summed E-state index contributed by atoms with van der Waals surface area (Å²) in [6.45, 7) is 0.462. The van der Waals surface area contributed by atoms with Crippen LogP contribution in [-0.4, -0.2) is 12.8 Å². The number of nitrogens with two attached hydrogens (primary N) is 1. The average Bonchev–Trinajstić information content (AvgIpc) is 2.45. The van der Waals surface area contributed by atoms with Gasteiger partial charge in [0.1, 0.15) is 5.75 Å². The zero-order valence-electron chi connectivity index (χ0n) is 11.9. The molecule has 2 nitrogen and oxygen atoms in total. The van der Waals surface area contributed by atoms with Crippen molar-refractivity contribution < 1.29 is 17.9 Å². The molecule has 2 aromatic rings. The van der Waals surface area contributed by atoms with Gasteiger partial charge in [-0.2, -0.15) is 13.2 Å². The van der Waals surface area contributed by atoms with Gasteiger partial charge in [-0.05, 0) is 24.1 Å². The fourth-order valence-electron chi connectivity index (χ4n) is 2.02. The standard InChI is InChI=1S/C16H16F3NO.ClH/c1-11-7-8-13(14(9-11)21-10-16(17,18)19)15(20)12-5-3-2-4-6-12;/h2-9,15H,10,20H2,1H3;1H. The van der Waals surface area contributed by atoms with Gasteiger partial charge in [-0.3, -0.25) is 0 Å². The van der Waals surface area contributed by atoms with Crippen LogP contribution in [0.3, 0.4) is 0 Å². The van der Waals surface area contributed by atoms with Crippen LogP contribution in [0.4, 0.5) is 13.2 Å². The van der Waals surface area contributed by atoms with Gasteiger partial charge >= 0.3 is 6.18 Å². The molecule has 0 aromatic heterocycles. The molecule has 6 heteroatoms. The summed E-state index contributed by atoms with van der Waals surface area (Å²) in [5.74, 6) is 0.170. The van der Waals surface area contributed by atoms with E-state index in [0.717, 1.165) is 11.1 Å². The van der Waals surface area contributed by atoms with Crippen LogP contribution in [0, 0.1) is 6.92 Å². The molecule has 0 heterocycles.